The van der Waals surface area contributed by atoms with Gasteiger partial charge in [-0.15, -0.1) is 0 Å². The predicted molar refractivity (Wildman–Crippen MR) is 63.7 cm³/mol. The van der Waals surface area contributed by atoms with Crippen LogP contribution in [-0.2, 0) is 6.42 Å². The summed E-state index contributed by atoms with van der Waals surface area (Å²) in [6.07, 6.45) is 5.71. The number of nitrogens with zero attached hydrogens (tertiary/aromatic N) is 1. The molecular formula is C12H21N3. The highest BCUT2D eigenvalue weighted by Gasteiger charge is 2.14. The van der Waals surface area contributed by atoms with Crippen LogP contribution in [0.25, 0.3) is 0 Å². The van der Waals surface area contributed by atoms with E-state index >= 15 is 0 Å². The zero-order chi connectivity index (χ0) is 11.1. The largest absolute Gasteiger partial charge is 0.330 e. The second-order valence-electron chi connectivity index (χ2n) is 4.45. The summed E-state index contributed by atoms with van der Waals surface area (Å²) in [5, 5.41) is 3.51. The minimum atomic E-state index is 0.141. The van der Waals surface area contributed by atoms with Gasteiger partial charge in [0.1, 0.15) is 0 Å². The molecule has 1 rings (SSSR count). The summed E-state index contributed by atoms with van der Waals surface area (Å²) in [7, 11) is 0. The molecule has 1 heterocycles. The molecule has 0 spiro atoms. The van der Waals surface area contributed by atoms with Crippen LogP contribution in [0.5, 0.6) is 0 Å². The Hall–Kier alpha value is -0.930. The maximum atomic E-state index is 5.55. The molecule has 0 aliphatic rings. The molecule has 15 heavy (non-hydrogen) atoms. The molecule has 0 unspecified atom stereocenters. The number of hydrogen-bond acceptors (Lipinski definition) is 3. The first kappa shape index (κ1) is 12.1. The standard InChI is InChI=1S/C12H21N3/c1-12(2,6-7-13)15-10-5-11-3-8-14-9-4-11/h3-4,8-9,15H,5-7,10,13H2,1-2H3. The third kappa shape index (κ3) is 4.91. The van der Waals surface area contributed by atoms with E-state index in [1.165, 1.54) is 5.56 Å². The minimum Gasteiger partial charge on any atom is -0.330 e. The first-order chi connectivity index (χ1) is 7.14. The van der Waals surface area contributed by atoms with Crippen LogP contribution in [-0.4, -0.2) is 23.6 Å². The molecule has 3 nitrogen and oxygen atoms in total. The molecule has 3 heteroatoms. The summed E-state index contributed by atoms with van der Waals surface area (Å²) in [4.78, 5) is 3.99. The maximum Gasteiger partial charge on any atom is 0.0270 e. The molecule has 0 saturated carbocycles. The van der Waals surface area contributed by atoms with Crippen molar-refractivity contribution in [2.45, 2.75) is 32.2 Å². The number of pyridine rings is 1. The summed E-state index contributed by atoms with van der Waals surface area (Å²) in [5.74, 6) is 0. The summed E-state index contributed by atoms with van der Waals surface area (Å²) in [6, 6.07) is 4.11. The van der Waals surface area contributed by atoms with Gasteiger partial charge in [-0.25, -0.2) is 0 Å². The average molecular weight is 207 g/mol. The van der Waals surface area contributed by atoms with E-state index in [0.29, 0.717) is 0 Å². The van der Waals surface area contributed by atoms with Gasteiger partial charge < -0.3 is 11.1 Å². The van der Waals surface area contributed by atoms with Crippen LogP contribution in [0.1, 0.15) is 25.8 Å². The molecule has 0 bridgehead atoms. The van der Waals surface area contributed by atoms with Crippen LogP contribution in [0.15, 0.2) is 24.5 Å². The van der Waals surface area contributed by atoms with Gasteiger partial charge in [-0.3, -0.25) is 4.98 Å². The van der Waals surface area contributed by atoms with Crippen LogP contribution < -0.4 is 11.1 Å². The SMILES string of the molecule is CC(C)(CCN)NCCc1ccncc1. The molecule has 1 aromatic rings. The molecule has 0 aliphatic carbocycles. The van der Waals surface area contributed by atoms with Gasteiger partial charge in [-0.1, -0.05) is 0 Å². The van der Waals surface area contributed by atoms with Crippen molar-refractivity contribution in [3.05, 3.63) is 30.1 Å². The predicted octanol–water partition coefficient (Wildman–Crippen LogP) is 1.34. The first-order valence-corrected chi connectivity index (χ1v) is 5.48. The fourth-order valence-corrected chi connectivity index (χ4v) is 1.54. The Balaban J connectivity index is 2.27. The Morgan fingerprint density at radius 2 is 2.00 bits per heavy atom. The Morgan fingerprint density at radius 1 is 1.33 bits per heavy atom. The van der Waals surface area contributed by atoms with Crippen molar-refractivity contribution in [2.24, 2.45) is 5.73 Å². The van der Waals surface area contributed by atoms with E-state index in [0.717, 1.165) is 25.9 Å². The number of rotatable bonds is 6. The highest BCUT2D eigenvalue weighted by molar-refractivity contribution is 5.09. The second-order valence-corrected chi connectivity index (χ2v) is 4.45. The number of hydrogen-bond donors (Lipinski definition) is 2. The van der Waals surface area contributed by atoms with Gasteiger partial charge in [0.15, 0.2) is 0 Å². The van der Waals surface area contributed by atoms with E-state index in [1.807, 2.05) is 12.4 Å². The van der Waals surface area contributed by atoms with Crippen LogP contribution in [0.3, 0.4) is 0 Å². The smallest absolute Gasteiger partial charge is 0.0270 e. The molecule has 3 N–H and O–H groups in total. The normalized spacial score (nSPS) is 11.7. The molecule has 0 aromatic carbocycles. The summed E-state index contributed by atoms with van der Waals surface area (Å²) < 4.78 is 0. The van der Waals surface area contributed by atoms with Gasteiger partial charge in [0, 0.05) is 17.9 Å². The summed E-state index contributed by atoms with van der Waals surface area (Å²) >= 11 is 0. The van der Waals surface area contributed by atoms with Gasteiger partial charge in [0.2, 0.25) is 0 Å². The van der Waals surface area contributed by atoms with Crippen LogP contribution in [0.2, 0.25) is 0 Å². The summed E-state index contributed by atoms with van der Waals surface area (Å²) in [5.41, 5.74) is 7.01. The topological polar surface area (TPSA) is 50.9 Å². The van der Waals surface area contributed by atoms with Crippen LogP contribution in [0, 0.1) is 0 Å². The molecule has 1 aromatic heterocycles. The molecule has 0 saturated heterocycles. The van der Waals surface area contributed by atoms with Crippen molar-refractivity contribution in [2.75, 3.05) is 13.1 Å². The molecule has 0 radical (unpaired) electrons. The lowest BCUT2D eigenvalue weighted by atomic mass is 10.0. The molecular weight excluding hydrogens is 186 g/mol. The van der Waals surface area contributed by atoms with Gasteiger partial charge in [-0.05, 0) is 57.5 Å². The monoisotopic (exact) mass is 207 g/mol. The number of nitrogens with one attached hydrogen (secondary N) is 1. The van der Waals surface area contributed by atoms with E-state index in [-0.39, 0.29) is 5.54 Å². The Labute approximate surface area is 92.1 Å². The van der Waals surface area contributed by atoms with Crippen LogP contribution in [0.4, 0.5) is 0 Å². The maximum absolute atomic E-state index is 5.55. The molecule has 0 amide bonds. The zero-order valence-electron chi connectivity index (χ0n) is 9.66. The third-order valence-electron chi connectivity index (χ3n) is 2.54. The van der Waals surface area contributed by atoms with E-state index in [4.69, 9.17) is 5.73 Å². The number of aromatic nitrogens is 1. The Morgan fingerprint density at radius 3 is 2.60 bits per heavy atom. The fraction of sp³-hybridized carbons (Fsp3) is 0.583. The summed E-state index contributed by atoms with van der Waals surface area (Å²) in [6.45, 7) is 6.09. The zero-order valence-corrected chi connectivity index (χ0v) is 9.66. The van der Waals surface area contributed by atoms with Crippen LogP contribution >= 0.6 is 0 Å². The van der Waals surface area contributed by atoms with Crippen molar-refractivity contribution in [1.82, 2.24) is 10.3 Å². The van der Waals surface area contributed by atoms with E-state index in [1.54, 1.807) is 0 Å². The van der Waals surface area contributed by atoms with Crippen molar-refractivity contribution in [3.63, 3.8) is 0 Å². The van der Waals surface area contributed by atoms with Gasteiger partial charge >= 0.3 is 0 Å². The Bertz CT molecular complexity index is 269. The second kappa shape index (κ2) is 5.83. The van der Waals surface area contributed by atoms with Crippen molar-refractivity contribution in [3.8, 4) is 0 Å². The molecule has 0 aliphatic heterocycles. The quantitative estimate of drug-likeness (QED) is 0.740. The first-order valence-electron chi connectivity index (χ1n) is 5.48. The lowest BCUT2D eigenvalue weighted by Crippen LogP contribution is -2.41. The average Bonchev–Trinajstić information content (AvgIpc) is 2.19. The highest BCUT2D eigenvalue weighted by atomic mass is 14.9. The lowest BCUT2D eigenvalue weighted by molar-refractivity contribution is 0.370. The molecule has 0 atom stereocenters. The van der Waals surface area contributed by atoms with Crippen molar-refractivity contribution < 1.29 is 0 Å². The molecule has 84 valence electrons. The molecule has 0 fully saturated rings. The van der Waals surface area contributed by atoms with E-state index in [9.17, 15) is 0 Å². The van der Waals surface area contributed by atoms with E-state index in [2.05, 4.69) is 36.3 Å². The third-order valence-corrected chi connectivity index (χ3v) is 2.54. The lowest BCUT2D eigenvalue weighted by Gasteiger charge is -2.25. The highest BCUT2D eigenvalue weighted by Crippen LogP contribution is 2.06. The van der Waals surface area contributed by atoms with E-state index < -0.39 is 0 Å². The fourth-order valence-electron chi connectivity index (χ4n) is 1.54. The van der Waals surface area contributed by atoms with Gasteiger partial charge in [-0.2, -0.15) is 0 Å². The van der Waals surface area contributed by atoms with Crippen molar-refractivity contribution in [1.29, 1.82) is 0 Å². The van der Waals surface area contributed by atoms with Gasteiger partial charge in [0.05, 0.1) is 0 Å². The van der Waals surface area contributed by atoms with Crippen molar-refractivity contribution >= 4 is 0 Å². The minimum absolute atomic E-state index is 0.141. The number of nitrogens with two attached hydrogens (primary N) is 1. The van der Waals surface area contributed by atoms with Gasteiger partial charge in [0.25, 0.3) is 0 Å². The Kier molecular flexibility index (Phi) is 4.72.